The van der Waals surface area contributed by atoms with Crippen molar-refractivity contribution in [3.05, 3.63) is 58.2 Å². The van der Waals surface area contributed by atoms with Gasteiger partial charge in [-0.25, -0.2) is 4.39 Å². The average Bonchev–Trinajstić information content (AvgIpc) is 2.83. The van der Waals surface area contributed by atoms with Gasteiger partial charge in [-0.1, -0.05) is 15.9 Å². The number of hydrogen-bond donors (Lipinski definition) is 1. The highest BCUT2D eigenvalue weighted by atomic mass is 79.9. The number of amides is 1. The van der Waals surface area contributed by atoms with Gasteiger partial charge in [0.1, 0.15) is 12.1 Å². The van der Waals surface area contributed by atoms with E-state index in [0.717, 1.165) is 4.47 Å². The minimum absolute atomic E-state index is 0.134. The van der Waals surface area contributed by atoms with E-state index in [2.05, 4.69) is 21.2 Å². The summed E-state index contributed by atoms with van der Waals surface area (Å²) in [6.45, 7) is 0.134. The second kappa shape index (κ2) is 5.14. The van der Waals surface area contributed by atoms with Crippen molar-refractivity contribution in [3.63, 3.8) is 0 Å². The Morgan fingerprint density at radius 3 is 2.94 bits per heavy atom. The van der Waals surface area contributed by atoms with Gasteiger partial charge in [0.05, 0.1) is 11.8 Å². The molecule has 1 aromatic heterocycles. The van der Waals surface area contributed by atoms with Crippen LogP contribution in [0.15, 0.2) is 45.7 Å². The van der Waals surface area contributed by atoms with Crippen molar-refractivity contribution in [2.75, 3.05) is 0 Å². The SMILES string of the molecule is O=C(NCc1cc(Br)ccc1F)c1ccoc1. The summed E-state index contributed by atoms with van der Waals surface area (Å²) in [4.78, 5) is 11.6. The Bertz CT molecular complexity index is 525. The van der Waals surface area contributed by atoms with E-state index in [9.17, 15) is 9.18 Å². The molecule has 0 aliphatic heterocycles. The van der Waals surface area contributed by atoms with Crippen LogP contribution in [0.4, 0.5) is 4.39 Å². The van der Waals surface area contributed by atoms with Gasteiger partial charge in [-0.3, -0.25) is 4.79 Å². The molecule has 88 valence electrons. The molecule has 0 radical (unpaired) electrons. The van der Waals surface area contributed by atoms with Crippen LogP contribution in [-0.2, 0) is 6.54 Å². The Balaban J connectivity index is 2.03. The molecule has 3 nitrogen and oxygen atoms in total. The number of halogens is 2. The Morgan fingerprint density at radius 2 is 2.24 bits per heavy atom. The fraction of sp³-hybridized carbons (Fsp3) is 0.0833. The van der Waals surface area contributed by atoms with Crippen molar-refractivity contribution < 1.29 is 13.6 Å². The fourth-order valence-corrected chi connectivity index (χ4v) is 1.76. The van der Waals surface area contributed by atoms with E-state index in [1.807, 2.05) is 0 Å². The fourth-order valence-electron chi connectivity index (χ4n) is 1.35. The molecule has 2 aromatic rings. The van der Waals surface area contributed by atoms with Gasteiger partial charge in [0.25, 0.3) is 5.91 Å². The lowest BCUT2D eigenvalue weighted by Gasteiger charge is -2.05. The summed E-state index contributed by atoms with van der Waals surface area (Å²) < 4.78 is 18.9. The number of rotatable bonds is 3. The summed E-state index contributed by atoms with van der Waals surface area (Å²) in [5, 5.41) is 2.61. The van der Waals surface area contributed by atoms with Crippen molar-refractivity contribution in [2.24, 2.45) is 0 Å². The van der Waals surface area contributed by atoms with Gasteiger partial charge in [-0.15, -0.1) is 0 Å². The molecule has 1 amide bonds. The van der Waals surface area contributed by atoms with Crippen molar-refractivity contribution >= 4 is 21.8 Å². The van der Waals surface area contributed by atoms with Crippen LogP contribution < -0.4 is 5.32 Å². The predicted octanol–water partition coefficient (Wildman–Crippen LogP) is 3.11. The van der Waals surface area contributed by atoms with Crippen LogP contribution in [-0.4, -0.2) is 5.91 Å². The molecule has 0 unspecified atom stereocenters. The number of carbonyl (C=O) groups is 1. The second-order valence-corrected chi connectivity index (χ2v) is 4.35. The van der Waals surface area contributed by atoms with Gasteiger partial charge in [0.2, 0.25) is 0 Å². The maximum absolute atomic E-state index is 13.4. The molecule has 0 saturated carbocycles. The lowest BCUT2D eigenvalue weighted by atomic mass is 10.2. The largest absolute Gasteiger partial charge is 0.472 e. The zero-order chi connectivity index (χ0) is 12.3. The zero-order valence-electron chi connectivity index (χ0n) is 8.74. The summed E-state index contributed by atoms with van der Waals surface area (Å²) in [6, 6.07) is 6.14. The third-order valence-electron chi connectivity index (χ3n) is 2.23. The van der Waals surface area contributed by atoms with E-state index in [0.29, 0.717) is 11.1 Å². The summed E-state index contributed by atoms with van der Waals surface area (Å²) in [5.41, 5.74) is 0.844. The second-order valence-electron chi connectivity index (χ2n) is 3.43. The maximum Gasteiger partial charge on any atom is 0.254 e. The summed E-state index contributed by atoms with van der Waals surface area (Å²) in [7, 11) is 0. The van der Waals surface area contributed by atoms with Crippen molar-refractivity contribution in [2.45, 2.75) is 6.54 Å². The van der Waals surface area contributed by atoms with Crippen LogP contribution in [0.5, 0.6) is 0 Å². The van der Waals surface area contributed by atoms with Crippen LogP contribution >= 0.6 is 15.9 Å². The van der Waals surface area contributed by atoms with Gasteiger partial charge in [0.15, 0.2) is 0 Å². The molecule has 0 aliphatic rings. The first-order chi connectivity index (χ1) is 8.16. The molecule has 0 spiro atoms. The molecule has 0 fully saturated rings. The number of benzene rings is 1. The lowest BCUT2D eigenvalue weighted by molar-refractivity contribution is 0.0950. The molecular weight excluding hydrogens is 289 g/mol. The molecule has 0 aliphatic carbocycles. The zero-order valence-corrected chi connectivity index (χ0v) is 10.3. The smallest absolute Gasteiger partial charge is 0.254 e. The number of nitrogens with one attached hydrogen (secondary N) is 1. The number of carbonyl (C=O) groups excluding carboxylic acids is 1. The lowest BCUT2D eigenvalue weighted by Crippen LogP contribution is -2.22. The van der Waals surface area contributed by atoms with Crippen LogP contribution in [0.3, 0.4) is 0 Å². The molecule has 5 heteroatoms. The first-order valence-corrected chi connectivity index (χ1v) is 5.70. The van der Waals surface area contributed by atoms with E-state index in [-0.39, 0.29) is 18.3 Å². The molecule has 0 saturated heterocycles. The Hall–Kier alpha value is -1.62. The third kappa shape index (κ3) is 2.94. The minimum atomic E-state index is -0.347. The van der Waals surface area contributed by atoms with E-state index in [1.165, 1.54) is 18.6 Å². The monoisotopic (exact) mass is 297 g/mol. The molecule has 1 heterocycles. The predicted molar refractivity (Wildman–Crippen MR) is 64.0 cm³/mol. The van der Waals surface area contributed by atoms with Crippen LogP contribution in [0.25, 0.3) is 0 Å². The first-order valence-electron chi connectivity index (χ1n) is 4.91. The Morgan fingerprint density at radius 1 is 1.41 bits per heavy atom. The van der Waals surface area contributed by atoms with E-state index in [4.69, 9.17) is 4.42 Å². The summed E-state index contributed by atoms with van der Waals surface area (Å²) in [5.74, 6) is -0.640. The average molecular weight is 298 g/mol. The van der Waals surface area contributed by atoms with E-state index < -0.39 is 0 Å². The molecule has 1 N–H and O–H groups in total. The first kappa shape index (κ1) is 11.9. The van der Waals surface area contributed by atoms with Crippen LogP contribution in [0.1, 0.15) is 15.9 Å². The summed E-state index contributed by atoms with van der Waals surface area (Å²) in [6.07, 6.45) is 2.75. The topological polar surface area (TPSA) is 42.2 Å². The quantitative estimate of drug-likeness (QED) is 0.946. The van der Waals surface area contributed by atoms with E-state index >= 15 is 0 Å². The molecule has 17 heavy (non-hydrogen) atoms. The third-order valence-corrected chi connectivity index (χ3v) is 2.72. The van der Waals surface area contributed by atoms with Gasteiger partial charge >= 0.3 is 0 Å². The highest BCUT2D eigenvalue weighted by Gasteiger charge is 2.08. The number of hydrogen-bond acceptors (Lipinski definition) is 2. The highest BCUT2D eigenvalue weighted by molar-refractivity contribution is 9.10. The van der Waals surface area contributed by atoms with Gasteiger partial charge < -0.3 is 9.73 Å². The van der Waals surface area contributed by atoms with Gasteiger partial charge in [0, 0.05) is 16.6 Å². The van der Waals surface area contributed by atoms with Gasteiger partial charge in [-0.05, 0) is 24.3 Å². The minimum Gasteiger partial charge on any atom is -0.472 e. The molecular formula is C12H9BrFNO2. The highest BCUT2D eigenvalue weighted by Crippen LogP contribution is 2.15. The Kier molecular flexibility index (Phi) is 3.58. The molecule has 0 bridgehead atoms. The van der Waals surface area contributed by atoms with Crippen LogP contribution in [0.2, 0.25) is 0 Å². The van der Waals surface area contributed by atoms with Crippen molar-refractivity contribution in [1.29, 1.82) is 0 Å². The Labute approximate surface area is 106 Å². The molecule has 0 atom stereocenters. The van der Waals surface area contributed by atoms with Crippen LogP contribution in [0, 0.1) is 5.82 Å². The van der Waals surface area contributed by atoms with Gasteiger partial charge in [-0.2, -0.15) is 0 Å². The maximum atomic E-state index is 13.4. The number of furan rings is 1. The summed E-state index contributed by atoms with van der Waals surface area (Å²) >= 11 is 3.25. The normalized spacial score (nSPS) is 10.2. The molecule has 2 rings (SSSR count). The molecule has 1 aromatic carbocycles. The van der Waals surface area contributed by atoms with Crippen molar-refractivity contribution in [1.82, 2.24) is 5.32 Å². The standard InChI is InChI=1S/C12H9BrFNO2/c13-10-1-2-11(14)9(5-10)6-15-12(16)8-3-4-17-7-8/h1-5,7H,6H2,(H,15,16). The van der Waals surface area contributed by atoms with Crippen molar-refractivity contribution in [3.8, 4) is 0 Å². The van der Waals surface area contributed by atoms with E-state index in [1.54, 1.807) is 18.2 Å².